The fourth-order valence-electron chi connectivity index (χ4n) is 3.07. The van der Waals surface area contributed by atoms with Crippen molar-refractivity contribution >= 4 is 40.6 Å². The molecule has 14 nitrogen and oxygen atoms in total. The highest BCUT2D eigenvalue weighted by molar-refractivity contribution is 7.99. The van der Waals surface area contributed by atoms with Gasteiger partial charge >= 0.3 is 5.69 Å². The van der Waals surface area contributed by atoms with Crippen LogP contribution in [0.5, 0.6) is 5.75 Å². The monoisotopic (exact) mass is 515 g/mol. The van der Waals surface area contributed by atoms with E-state index in [0.29, 0.717) is 5.82 Å². The number of aromatic hydroxyl groups is 1. The summed E-state index contributed by atoms with van der Waals surface area (Å²) < 4.78 is 0. The molecule has 3 rings (SSSR count). The van der Waals surface area contributed by atoms with E-state index in [1.165, 1.54) is 30.3 Å². The van der Waals surface area contributed by atoms with Crippen molar-refractivity contribution in [3.8, 4) is 5.75 Å². The van der Waals surface area contributed by atoms with E-state index in [-0.39, 0.29) is 33.8 Å². The number of rotatable bonds is 10. The van der Waals surface area contributed by atoms with Crippen LogP contribution in [0.15, 0.2) is 47.6 Å². The number of amides is 2. The summed E-state index contributed by atoms with van der Waals surface area (Å²) in [5.41, 5.74) is -0.479. The predicted molar refractivity (Wildman–Crippen MR) is 129 cm³/mol. The van der Waals surface area contributed by atoms with Crippen molar-refractivity contribution in [2.45, 2.75) is 25.0 Å². The van der Waals surface area contributed by atoms with Gasteiger partial charge in [-0.15, -0.1) is 5.10 Å². The predicted octanol–water partition coefficient (Wildman–Crippen LogP) is 3.18. The van der Waals surface area contributed by atoms with E-state index in [2.05, 4.69) is 25.8 Å². The van der Waals surface area contributed by atoms with Crippen molar-refractivity contribution in [1.29, 1.82) is 0 Å². The van der Waals surface area contributed by atoms with Crippen LogP contribution >= 0.6 is 11.8 Å². The molecular formula is C21H21N7O7S. The number of nitro benzene ring substituents is 2. The highest BCUT2D eigenvalue weighted by Crippen LogP contribution is 2.29. The number of nitrogens with one attached hydrogen (secondary N) is 3. The average molecular weight is 516 g/mol. The molecule has 0 unspecified atom stereocenters. The summed E-state index contributed by atoms with van der Waals surface area (Å²) in [5.74, 6) is -1.42. The van der Waals surface area contributed by atoms with Gasteiger partial charge < -0.3 is 15.7 Å². The van der Waals surface area contributed by atoms with Crippen molar-refractivity contribution in [3.63, 3.8) is 0 Å². The molecule has 1 aromatic heterocycles. The maximum Gasteiger partial charge on any atom is 0.312 e. The Bertz CT molecular complexity index is 1310. The smallest absolute Gasteiger partial charge is 0.312 e. The Morgan fingerprint density at radius 2 is 1.89 bits per heavy atom. The lowest BCUT2D eigenvalue weighted by molar-refractivity contribution is -0.385. The molecule has 0 aliphatic rings. The van der Waals surface area contributed by atoms with Crippen molar-refractivity contribution in [1.82, 2.24) is 20.5 Å². The molecule has 0 spiro atoms. The van der Waals surface area contributed by atoms with E-state index >= 15 is 0 Å². The first-order valence-corrected chi connectivity index (χ1v) is 11.4. The van der Waals surface area contributed by atoms with E-state index in [1.807, 2.05) is 13.8 Å². The number of non-ortho nitro benzene ring substituents is 1. The molecule has 0 saturated carbocycles. The van der Waals surface area contributed by atoms with Gasteiger partial charge in [-0.3, -0.25) is 34.9 Å². The molecule has 2 amide bonds. The third kappa shape index (κ3) is 6.53. The number of phenolic OH excluding ortho intramolecular Hbond substituents is 1. The van der Waals surface area contributed by atoms with E-state index in [0.717, 1.165) is 23.9 Å². The number of hydrogen-bond acceptors (Lipinski definition) is 10. The van der Waals surface area contributed by atoms with Gasteiger partial charge in [-0.2, -0.15) is 0 Å². The Balaban J connectivity index is 1.62. The minimum absolute atomic E-state index is 0.113. The molecule has 0 aliphatic heterocycles. The number of hydrogen-bond donors (Lipinski definition) is 4. The topological polar surface area (TPSA) is 206 Å². The van der Waals surface area contributed by atoms with Gasteiger partial charge in [0.05, 0.1) is 21.6 Å². The summed E-state index contributed by atoms with van der Waals surface area (Å²) in [6.45, 7) is 3.69. The molecule has 0 bridgehead atoms. The second-order valence-corrected chi connectivity index (χ2v) is 8.75. The summed E-state index contributed by atoms with van der Waals surface area (Å²) >= 11 is 0.995. The molecule has 0 aliphatic carbocycles. The summed E-state index contributed by atoms with van der Waals surface area (Å²) in [6, 6.07) is 8.23. The van der Waals surface area contributed by atoms with Crippen molar-refractivity contribution in [2.24, 2.45) is 5.92 Å². The number of nitrogens with zero attached hydrogens (tertiary/aromatic N) is 4. The molecule has 2 aromatic carbocycles. The van der Waals surface area contributed by atoms with Crippen LogP contribution in [0.1, 0.15) is 36.1 Å². The number of aromatic nitrogens is 3. The zero-order valence-electron chi connectivity index (χ0n) is 19.0. The zero-order valence-corrected chi connectivity index (χ0v) is 19.8. The molecule has 0 fully saturated rings. The fourth-order valence-corrected chi connectivity index (χ4v) is 3.68. The second-order valence-electron chi connectivity index (χ2n) is 7.80. The number of thioether (sulfide) groups is 1. The average Bonchev–Trinajstić information content (AvgIpc) is 3.30. The van der Waals surface area contributed by atoms with Gasteiger partial charge in [0, 0.05) is 29.4 Å². The molecule has 0 radical (unpaired) electrons. The van der Waals surface area contributed by atoms with E-state index in [1.54, 1.807) is 0 Å². The van der Waals surface area contributed by atoms with Crippen LogP contribution in [0.25, 0.3) is 0 Å². The molecule has 1 heterocycles. The Morgan fingerprint density at radius 1 is 1.14 bits per heavy atom. The van der Waals surface area contributed by atoms with Crippen LogP contribution in [0.3, 0.4) is 0 Å². The zero-order chi connectivity index (χ0) is 26.4. The largest absolute Gasteiger partial charge is 0.502 e. The fraction of sp³-hybridized carbons (Fsp3) is 0.238. The number of carbonyl (C=O) groups is 2. The number of carbonyl (C=O) groups excluding carboxylic acids is 2. The molecular weight excluding hydrogens is 494 g/mol. The van der Waals surface area contributed by atoms with Gasteiger partial charge in [0.25, 0.3) is 11.6 Å². The number of anilines is 1. The van der Waals surface area contributed by atoms with Crippen LogP contribution < -0.4 is 10.6 Å². The number of aromatic amines is 1. The summed E-state index contributed by atoms with van der Waals surface area (Å²) in [4.78, 5) is 49.8. The summed E-state index contributed by atoms with van der Waals surface area (Å²) in [5, 5.41) is 43.7. The van der Waals surface area contributed by atoms with Gasteiger partial charge in [0.15, 0.2) is 5.75 Å². The Hall–Kier alpha value is -4.53. The normalized spacial score (nSPS) is 11.6. The first kappa shape index (κ1) is 26.1. The molecule has 36 heavy (non-hydrogen) atoms. The summed E-state index contributed by atoms with van der Waals surface area (Å²) in [6.07, 6.45) is 0. The standard InChI is InChI=1S/C21H21N7O7S/c1-11(2)18(23-20(31)12-4-3-5-14(8-12)27(32)33)19-24-21(26-25-19)36-10-17(30)22-13-6-7-16(29)15(9-13)28(34)35/h3-9,11,18,29H,10H2,1-2H3,(H,22,30)(H,23,31)(H,24,25,26)/t18-/m0/s1. The number of nitro groups is 2. The lowest BCUT2D eigenvalue weighted by Gasteiger charge is -2.19. The van der Waals surface area contributed by atoms with Gasteiger partial charge in [0.2, 0.25) is 11.1 Å². The lowest BCUT2D eigenvalue weighted by atomic mass is 10.0. The molecule has 4 N–H and O–H groups in total. The quantitative estimate of drug-likeness (QED) is 0.134. The third-order valence-electron chi connectivity index (χ3n) is 4.84. The summed E-state index contributed by atoms with van der Waals surface area (Å²) in [7, 11) is 0. The van der Waals surface area contributed by atoms with Crippen LogP contribution in [0, 0.1) is 26.1 Å². The Labute approximate surface area is 207 Å². The first-order chi connectivity index (χ1) is 17.0. The minimum Gasteiger partial charge on any atom is -0.502 e. The van der Waals surface area contributed by atoms with Crippen LogP contribution in [0.4, 0.5) is 17.1 Å². The highest BCUT2D eigenvalue weighted by Gasteiger charge is 2.24. The highest BCUT2D eigenvalue weighted by atomic mass is 32.2. The van der Waals surface area contributed by atoms with E-state index < -0.39 is 39.1 Å². The van der Waals surface area contributed by atoms with E-state index in [9.17, 15) is 34.9 Å². The lowest BCUT2D eigenvalue weighted by Crippen LogP contribution is -2.32. The van der Waals surface area contributed by atoms with Crippen molar-refractivity contribution < 1.29 is 24.5 Å². The van der Waals surface area contributed by atoms with Crippen LogP contribution in [0.2, 0.25) is 0 Å². The maximum atomic E-state index is 12.7. The van der Waals surface area contributed by atoms with E-state index in [4.69, 9.17) is 0 Å². The van der Waals surface area contributed by atoms with Gasteiger partial charge in [-0.05, 0) is 24.1 Å². The molecule has 0 saturated heterocycles. The molecule has 188 valence electrons. The molecule has 1 atom stereocenters. The Kier molecular flexibility index (Phi) is 8.16. The van der Waals surface area contributed by atoms with Gasteiger partial charge in [0.1, 0.15) is 5.82 Å². The number of H-pyrrole nitrogens is 1. The SMILES string of the molecule is CC(C)[C@H](NC(=O)c1cccc([N+](=O)[O-])c1)c1nc(SCC(=O)Nc2ccc(O)c([N+](=O)[O-])c2)n[nH]1. The van der Waals surface area contributed by atoms with Gasteiger partial charge in [-0.1, -0.05) is 31.7 Å². The molecule has 15 heteroatoms. The van der Waals surface area contributed by atoms with Crippen LogP contribution in [-0.2, 0) is 4.79 Å². The van der Waals surface area contributed by atoms with Crippen LogP contribution in [-0.4, -0.2) is 47.7 Å². The Morgan fingerprint density at radius 3 is 2.56 bits per heavy atom. The number of phenols is 1. The minimum atomic E-state index is -0.766. The number of benzene rings is 2. The third-order valence-corrected chi connectivity index (χ3v) is 5.68. The maximum absolute atomic E-state index is 12.7. The molecule has 3 aromatic rings. The van der Waals surface area contributed by atoms with Crippen molar-refractivity contribution in [2.75, 3.05) is 11.1 Å². The first-order valence-electron chi connectivity index (χ1n) is 10.4. The van der Waals surface area contributed by atoms with Gasteiger partial charge in [-0.25, -0.2) is 4.98 Å². The van der Waals surface area contributed by atoms with Crippen molar-refractivity contribution in [3.05, 3.63) is 74.1 Å². The second kappa shape index (κ2) is 11.3.